The molecule has 3 rings (SSSR count). The molecule has 9 nitrogen and oxygen atoms in total. The Bertz CT molecular complexity index is 823. The van der Waals surface area contributed by atoms with Crippen LogP contribution in [-0.2, 0) is 4.74 Å². The van der Waals surface area contributed by atoms with E-state index in [2.05, 4.69) is 25.4 Å². The van der Waals surface area contributed by atoms with Gasteiger partial charge in [-0.15, -0.1) is 5.10 Å². The number of nitrogens with one attached hydrogen (secondary N) is 1. The van der Waals surface area contributed by atoms with Gasteiger partial charge in [0, 0.05) is 11.6 Å². The van der Waals surface area contributed by atoms with Crippen LogP contribution >= 0.6 is 0 Å². The van der Waals surface area contributed by atoms with Crippen LogP contribution in [-0.4, -0.2) is 34.3 Å². The number of rotatable bonds is 4. The summed E-state index contributed by atoms with van der Waals surface area (Å²) in [5, 5.41) is 13.4. The van der Waals surface area contributed by atoms with Gasteiger partial charge < -0.3 is 13.7 Å². The first-order valence-electron chi connectivity index (χ1n) is 6.41. The predicted molar refractivity (Wildman–Crippen MR) is 75.5 cm³/mol. The topological polar surface area (TPSA) is 120 Å². The molecule has 2 heterocycles. The van der Waals surface area contributed by atoms with Gasteiger partial charge in [-0.2, -0.15) is 0 Å². The fourth-order valence-electron chi connectivity index (χ4n) is 1.74. The van der Waals surface area contributed by atoms with Crippen LogP contribution in [0.5, 0.6) is 0 Å². The van der Waals surface area contributed by atoms with Crippen molar-refractivity contribution in [2.75, 3.05) is 12.4 Å². The molecule has 3 aromatic rings. The Morgan fingerprint density at radius 2 is 1.83 bits per heavy atom. The maximum absolute atomic E-state index is 12.1. The second kappa shape index (κ2) is 6.10. The fraction of sp³-hybridized carbons (Fsp3) is 0.0714. The third kappa shape index (κ3) is 3.07. The smallest absolute Gasteiger partial charge is 0.337 e. The van der Waals surface area contributed by atoms with Gasteiger partial charge in [-0.05, 0) is 24.3 Å². The summed E-state index contributed by atoms with van der Waals surface area (Å²) in [7, 11) is 1.28. The average Bonchev–Trinajstić information content (AvgIpc) is 3.25. The molecule has 1 amide bonds. The zero-order chi connectivity index (χ0) is 16.2. The monoisotopic (exact) mass is 314 g/mol. The third-order valence-corrected chi connectivity index (χ3v) is 2.86. The summed E-state index contributed by atoms with van der Waals surface area (Å²) < 4.78 is 14.7. The Hall–Kier alpha value is -3.49. The lowest BCUT2D eigenvalue weighted by Gasteiger charge is -2.02. The number of carbonyl (C=O) groups excluding carboxylic acids is 2. The molecule has 0 aliphatic carbocycles. The summed E-state index contributed by atoms with van der Waals surface area (Å²) >= 11 is 0. The van der Waals surface area contributed by atoms with Gasteiger partial charge in [0.15, 0.2) is 0 Å². The normalized spacial score (nSPS) is 10.3. The summed E-state index contributed by atoms with van der Waals surface area (Å²) in [6, 6.07) is 7.39. The molecular weight excluding hydrogens is 304 g/mol. The lowest BCUT2D eigenvalue weighted by atomic mass is 10.1. The number of hydrogen-bond donors (Lipinski definition) is 1. The Labute approximate surface area is 129 Å². The van der Waals surface area contributed by atoms with Crippen LogP contribution in [0, 0.1) is 0 Å². The quantitative estimate of drug-likeness (QED) is 0.723. The number of aromatic nitrogens is 3. The molecule has 0 spiro atoms. The van der Waals surface area contributed by atoms with Crippen LogP contribution in [0.1, 0.15) is 20.7 Å². The van der Waals surface area contributed by atoms with Crippen LogP contribution < -0.4 is 5.32 Å². The minimum Gasteiger partial charge on any atom is -0.465 e. The molecule has 0 aliphatic rings. The van der Waals surface area contributed by atoms with Crippen molar-refractivity contribution in [3.63, 3.8) is 0 Å². The van der Waals surface area contributed by atoms with Crippen molar-refractivity contribution in [1.29, 1.82) is 0 Å². The minimum atomic E-state index is -0.481. The van der Waals surface area contributed by atoms with Crippen LogP contribution in [0.4, 0.5) is 6.01 Å². The maximum atomic E-state index is 12.1. The van der Waals surface area contributed by atoms with E-state index in [0.717, 1.165) is 0 Å². The van der Waals surface area contributed by atoms with Gasteiger partial charge in [0.25, 0.3) is 11.8 Å². The highest BCUT2D eigenvalue weighted by Crippen LogP contribution is 2.19. The van der Waals surface area contributed by atoms with E-state index in [4.69, 9.17) is 8.94 Å². The van der Waals surface area contributed by atoms with Crippen molar-refractivity contribution >= 4 is 17.9 Å². The van der Waals surface area contributed by atoms with E-state index >= 15 is 0 Å². The number of anilines is 1. The molecular formula is C14H10N4O5. The number of methoxy groups -OCH3 is 1. The Balaban J connectivity index is 1.71. The van der Waals surface area contributed by atoms with Gasteiger partial charge in [0.2, 0.25) is 5.76 Å². The summed E-state index contributed by atoms with van der Waals surface area (Å²) in [4.78, 5) is 23.4. The number of amides is 1. The second-order valence-corrected chi connectivity index (χ2v) is 4.31. The molecule has 116 valence electrons. The molecule has 23 heavy (non-hydrogen) atoms. The van der Waals surface area contributed by atoms with Crippen LogP contribution in [0.15, 0.2) is 45.5 Å². The molecule has 0 saturated carbocycles. The zero-order valence-electron chi connectivity index (χ0n) is 11.8. The summed E-state index contributed by atoms with van der Waals surface area (Å²) in [5.74, 6) is -0.556. The van der Waals surface area contributed by atoms with Crippen molar-refractivity contribution in [3.8, 4) is 11.7 Å². The molecule has 0 unspecified atom stereocenters. The average molecular weight is 314 g/mol. The largest absolute Gasteiger partial charge is 0.465 e. The Morgan fingerprint density at radius 1 is 1.09 bits per heavy atom. The molecule has 0 aliphatic heterocycles. The van der Waals surface area contributed by atoms with Gasteiger partial charge in [0.1, 0.15) is 0 Å². The van der Waals surface area contributed by atoms with Crippen molar-refractivity contribution in [1.82, 2.24) is 15.4 Å². The molecule has 0 fully saturated rings. The molecule has 9 heteroatoms. The standard InChI is InChI=1S/C14H10N4O5/c1-21-13(20)9-4-2-8(3-5-9)11(19)16-14-18-17-12(22-14)10-6-7-15-23-10/h2-7H,1H3,(H,16,18,19). The lowest BCUT2D eigenvalue weighted by molar-refractivity contribution is 0.0600. The van der Waals surface area contributed by atoms with Gasteiger partial charge in [-0.3, -0.25) is 10.1 Å². The van der Waals surface area contributed by atoms with E-state index in [1.807, 2.05) is 0 Å². The Morgan fingerprint density at radius 3 is 2.48 bits per heavy atom. The first kappa shape index (κ1) is 14.4. The molecule has 0 saturated heterocycles. The van der Waals surface area contributed by atoms with Crippen molar-refractivity contribution in [3.05, 3.63) is 47.7 Å². The molecule has 1 aromatic carbocycles. The van der Waals surface area contributed by atoms with Gasteiger partial charge >= 0.3 is 12.0 Å². The van der Waals surface area contributed by atoms with Gasteiger partial charge in [-0.1, -0.05) is 10.3 Å². The van der Waals surface area contributed by atoms with Crippen LogP contribution in [0.2, 0.25) is 0 Å². The van der Waals surface area contributed by atoms with Crippen molar-refractivity contribution < 1.29 is 23.3 Å². The van der Waals surface area contributed by atoms with E-state index in [9.17, 15) is 9.59 Å². The summed E-state index contributed by atoms with van der Waals surface area (Å²) in [6.07, 6.45) is 1.43. The summed E-state index contributed by atoms with van der Waals surface area (Å²) in [5.41, 5.74) is 0.659. The van der Waals surface area contributed by atoms with Gasteiger partial charge in [0.05, 0.1) is 18.9 Å². The Kier molecular flexibility index (Phi) is 3.83. The van der Waals surface area contributed by atoms with Crippen LogP contribution in [0.3, 0.4) is 0 Å². The maximum Gasteiger partial charge on any atom is 0.337 e. The van der Waals surface area contributed by atoms with E-state index in [-0.39, 0.29) is 11.9 Å². The van der Waals surface area contributed by atoms with E-state index in [1.165, 1.54) is 37.6 Å². The van der Waals surface area contributed by atoms with E-state index in [0.29, 0.717) is 16.9 Å². The first-order chi connectivity index (χ1) is 11.2. The fourth-order valence-corrected chi connectivity index (χ4v) is 1.74. The SMILES string of the molecule is COC(=O)c1ccc(C(=O)Nc2nnc(-c3ccno3)o2)cc1. The number of esters is 1. The molecule has 0 bridgehead atoms. The highest BCUT2D eigenvalue weighted by molar-refractivity contribution is 6.03. The number of carbonyl (C=O) groups is 2. The van der Waals surface area contributed by atoms with Crippen molar-refractivity contribution in [2.24, 2.45) is 0 Å². The summed E-state index contributed by atoms with van der Waals surface area (Å²) in [6.45, 7) is 0. The van der Waals surface area contributed by atoms with Crippen molar-refractivity contribution in [2.45, 2.75) is 0 Å². The van der Waals surface area contributed by atoms with Crippen LogP contribution in [0.25, 0.3) is 11.7 Å². The first-order valence-corrected chi connectivity index (χ1v) is 6.41. The number of nitrogens with zero attached hydrogens (tertiary/aromatic N) is 3. The molecule has 0 radical (unpaired) electrons. The predicted octanol–water partition coefficient (Wildman–Crippen LogP) is 1.76. The molecule has 2 aromatic heterocycles. The molecule has 1 N–H and O–H groups in total. The number of benzene rings is 1. The van der Waals surface area contributed by atoms with E-state index in [1.54, 1.807) is 6.07 Å². The zero-order valence-corrected chi connectivity index (χ0v) is 11.8. The lowest BCUT2D eigenvalue weighted by Crippen LogP contribution is -2.12. The third-order valence-electron chi connectivity index (χ3n) is 2.86. The number of ether oxygens (including phenoxy) is 1. The van der Waals surface area contributed by atoms with Gasteiger partial charge in [-0.25, -0.2) is 4.79 Å². The number of hydrogen-bond acceptors (Lipinski definition) is 8. The minimum absolute atomic E-state index is 0.0848. The highest BCUT2D eigenvalue weighted by Gasteiger charge is 2.15. The second-order valence-electron chi connectivity index (χ2n) is 4.31. The highest BCUT2D eigenvalue weighted by atomic mass is 16.5. The van der Waals surface area contributed by atoms with E-state index < -0.39 is 11.9 Å². The molecule has 0 atom stereocenters.